The van der Waals surface area contributed by atoms with Crippen molar-refractivity contribution < 1.29 is 0 Å². The highest BCUT2D eigenvalue weighted by Crippen LogP contribution is 2.51. The summed E-state index contributed by atoms with van der Waals surface area (Å²) in [6, 6.07) is 53.8. The maximum absolute atomic E-state index is 3.99. The van der Waals surface area contributed by atoms with Crippen molar-refractivity contribution in [1.82, 2.24) is 4.57 Å². The Bertz CT molecular complexity index is 3820. The zero-order valence-corrected chi connectivity index (χ0v) is 39.3. The van der Waals surface area contributed by atoms with Crippen LogP contribution in [0, 0.1) is 0 Å². The van der Waals surface area contributed by atoms with E-state index in [0.29, 0.717) is 0 Å². The van der Waals surface area contributed by atoms with E-state index in [0.717, 1.165) is 11.4 Å². The maximum atomic E-state index is 3.99. The van der Waals surface area contributed by atoms with Crippen molar-refractivity contribution in [2.45, 2.75) is 71.6 Å². The molecule has 0 saturated carbocycles. The van der Waals surface area contributed by atoms with Crippen molar-refractivity contribution >= 4 is 114 Å². The normalized spacial score (nSPS) is 14.2. The fourth-order valence-electron chi connectivity index (χ4n) is 11.0. The van der Waals surface area contributed by atoms with E-state index in [4.69, 9.17) is 0 Å². The number of hydrogen-bond donors (Lipinski definition) is 1. The molecule has 11 aromatic rings. The van der Waals surface area contributed by atoms with Crippen molar-refractivity contribution in [3.8, 4) is 27.9 Å². The lowest BCUT2D eigenvalue weighted by Gasteiger charge is -2.27. The van der Waals surface area contributed by atoms with E-state index >= 15 is 0 Å². The van der Waals surface area contributed by atoms with Gasteiger partial charge in [0.05, 0.1) is 5.52 Å². The third-order valence-corrected chi connectivity index (χ3v) is 16.8. The second kappa shape index (κ2) is 13.0. The van der Waals surface area contributed by atoms with Gasteiger partial charge >= 0.3 is 0 Å². The monoisotopic (exact) mass is 859 g/mol. The van der Waals surface area contributed by atoms with Crippen molar-refractivity contribution in [2.75, 3.05) is 5.32 Å². The molecule has 1 aliphatic carbocycles. The van der Waals surface area contributed by atoms with Crippen LogP contribution in [0.2, 0.25) is 0 Å². The number of aromatic nitrogens is 1. The summed E-state index contributed by atoms with van der Waals surface area (Å²) in [5.74, 6) is 0. The zero-order chi connectivity index (χ0) is 43.6. The van der Waals surface area contributed by atoms with E-state index in [-0.39, 0.29) is 16.2 Å². The van der Waals surface area contributed by atoms with Crippen LogP contribution in [0.15, 0.2) is 140 Å². The van der Waals surface area contributed by atoms with Crippen LogP contribution in [0.25, 0.3) is 90.1 Å². The third-order valence-electron chi connectivity index (χ3n) is 14.5. The molecular formula is C59H48BN2S2. The molecule has 2 nitrogen and oxygen atoms in total. The Labute approximate surface area is 383 Å². The molecule has 4 heterocycles. The molecule has 64 heavy (non-hydrogen) atoms. The van der Waals surface area contributed by atoms with Gasteiger partial charge in [0, 0.05) is 84.7 Å². The Morgan fingerprint density at radius 1 is 0.500 bits per heavy atom. The summed E-state index contributed by atoms with van der Waals surface area (Å²) in [4.78, 5) is 0. The molecule has 3 aromatic heterocycles. The van der Waals surface area contributed by atoms with Gasteiger partial charge in [-0.1, -0.05) is 140 Å². The molecule has 0 atom stereocenters. The average molecular weight is 860 g/mol. The Morgan fingerprint density at radius 2 is 1.19 bits per heavy atom. The fraction of sp³-hybridized carbons (Fsp3) is 0.186. The molecule has 0 amide bonds. The first-order valence-corrected chi connectivity index (χ1v) is 24.3. The molecule has 0 unspecified atom stereocenters. The minimum absolute atomic E-state index is 0.0566. The lowest BCUT2D eigenvalue weighted by Crippen LogP contribution is -2.37. The zero-order valence-electron chi connectivity index (χ0n) is 37.6. The summed E-state index contributed by atoms with van der Waals surface area (Å²) < 4.78 is 7.90. The first-order chi connectivity index (χ1) is 30.7. The van der Waals surface area contributed by atoms with Gasteiger partial charge in [0.25, 0.3) is 0 Å². The van der Waals surface area contributed by atoms with E-state index in [1.807, 2.05) is 22.7 Å². The summed E-state index contributed by atoms with van der Waals surface area (Å²) in [7, 11) is 2.50. The van der Waals surface area contributed by atoms with Gasteiger partial charge < -0.3 is 9.88 Å². The molecule has 13 rings (SSSR count). The van der Waals surface area contributed by atoms with Crippen LogP contribution in [0.5, 0.6) is 0 Å². The van der Waals surface area contributed by atoms with Crippen LogP contribution < -0.4 is 16.2 Å². The van der Waals surface area contributed by atoms with Crippen LogP contribution in [-0.4, -0.2) is 11.8 Å². The predicted octanol–water partition coefficient (Wildman–Crippen LogP) is 15.8. The van der Waals surface area contributed by atoms with Gasteiger partial charge in [0.1, 0.15) is 0 Å². The molecule has 5 heteroatoms. The lowest BCUT2D eigenvalue weighted by molar-refractivity contribution is 0.590. The number of rotatable bonds is 3. The summed E-state index contributed by atoms with van der Waals surface area (Å²) in [5.41, 5.74) is 19.2. The number of nitrogens with zero attached hydrogens (tertiary/aromatic N) is 1. The molecule has 1 aliphatic heterocycles. The highest BCUT2D eigenvalue weighted by molar-refractivity contribution is 7.26. The quantitative estimate of drug-likeness (QED) is 0.175. The van der Waals surface area contributed by atoms with E-state index in [1.165, 1.54) is 123 Å². The first kappa shape index (κ1) is 38.3. The number of anilines is 2. The second-order valence-corrected chi connectivity index (χ2v) is 23.1. The van der Waals surface area contributed by atoms with Gasteiger partial charge in [0.2, 0.25) is 0 Å². The van der Waals surface area contributed by atoms with Crippen LogP contribution in [0.1, 0.15) is 77.6 Å². The molecule has 1 radical (unpaired) electrons. The number of benzene rings is 8. The van der Waals surface area contributed by atoms with Crippen molar-refractivity contribution in [3.63, 3.8) is 0 Å². The first-order valence-electron chi connectivity index (χ1n) is 22.7. The average Bonchev–Trinajstić information content (AvgIpc) is 3.98. The Balaban J connectivity index is 1.10. The second-order valence-electron chi connectivity index (χ2n) is 20.9. The lowest BCUT2D eigenvalue weighted by atomic mass is 9.58. The van der Waals surface area contributed by atoms with Gasteiger partial charge in [0.15, 0.2) is 7.28 Å². The largest absolute Gasteiger partial charge is 0.355 e. The molecule has 0 saturated heterocycles. The van der Waals surface area contributed by atoms with E-state index in [1.54, 1.807) is 0 Å². The highest BCUT2D eigenvalue weighted by atomic mass is 32.1. The minimum atomic E-state index is -0.108. The van der Waals surface area contributed by atoms with Crippen LogP contribution in [0.4, 0.5) is 11.4 Å². The standard InChI is InChI=1S/C59H48BN2S2/c1-57(2,3)32-17-20-34(21-18-32)61-48-28-44-42-25-33(58(4,5)6)19-24-52(42)64-53(44)29-40(48)37-22-23-38-41-26-43-36-14-10-12-16-51(36)63-54(43)31-49(41)62-50-30-46-39(27-47(50)60-55(37)56(38)62)35-13-9-11-15-45(35)59(46,7)8/h9-31,61H,1-8H3. The molecule has 8 aromatic carbocycles. The van der Waals surface area contributed by atoms with Gasteiger partial charge in [-0.15, -0.1) is 22.7 Å². The van der Waals surface area contributed by atoms with Gasteiger partial charge in [-0.05, 0) is 116 Å². The molecule has 0 fully saturated rings. The Hall–Kier alpha value is -6.14. The SMILES string of the molecule is CC(C)(C)c1ccc(Nc2cc3c(cc2-c2ccc4c5cc6c(cc5n5c4c2[B]c2cc4c(cc2-5)C(C)(C)c2ccccc2-4)sc2ccccc26)sc2ccc(C(C)(C)C)cc23)cc1. The summed E-state index contributed by atoms with van der Waals surface area (Å²) in [5, 5.41) is 11.9. The summed E-state index contributed by atoms with van der Waals surface area (Å²) >= 11 is 3.81. The highest BCUT2D eigenvalue weighted by Gasteiger charge is 2.38. The smallest absolute Gasteiger partial charge is 0.197 e. The van der Waals surface area contributed by atoms with Crippen molar-refractivity contribution in [2.24, 2.45) is 0 Å². The molecule has 1 N–H and O–H groups in total. The number of hydrogen-bond acceptors (Lipinski definition) is 3. The summed E-state index contributed by atoms with van der Waals surface area (Å²) in [6.45, 7) is 18.6. The third kappa shape index (κ3) is 5.44. The van der Waals surface area contributed by atoms with Crippen molar-refractivity contribution in [1.29, 1.82) is 0 Å². The number of thiophene rings is 2. The molecule has 0 bridgehead atoms. The van der Waals surface area contributed by atoms with Gasteiger partial charge in [-0.3, -0.25) is 0 Å². The molecule has 309 valence electrons. The van der Waals surface area contributed by atoms with Crippen LogP contribution in [-0.2, 0) is 16.2 Å². The number of fused-ring (bicyclic) bond motifs is 14. The van der Waals surface area contributed by atoms with Crippen LogP contribution in [0.3, 0.4) is 0 Å². The van der Waals surface area contributed by atoms with Crippen LogP contribution >= 0.6 is 22.7 Å². The maximum Gasteiger partial charge on any atom is 0.197 e. The Morgan fingerprint density at radius 3 is 1.98 bits per heavy atom. The fourth-order valence-corrected chi connectivity index (χ4v) is 13.2. The topological polar surface area (TPSA) is 17.0 Å². The van der Waals surface area contributed by atoms with E-state index in [9.17, 15) is 0 Å². The molecular weight excluding hydrogens is 812 g/mol. The molecule has 2 aliphatic rings. The predicted molar refractivity (Wildman–Crippen MR) is 282 cm³/mol. The van der Waals surface area contributed by atoms with Crippen molar-refractivity contribution in [3.05, 3.63) is 162 Å². The van der Waals surface area contributed by atoms with Gasteiger partial charge in [-0.25, -0.2) is 0 Å². The minimum Gasteiger partial charge on any atom is -0.355 e. The Kier molecular flexibility index (Phi) is 7.78. The molecule has 0 spiro atoms. The summed E-state index contributed by atoms with van der Waals surface area (Å²) in [6.07, 6.45) is 0. The van der Waals surface area contributed by atoms with E-state index in [2.05, 4.69) is 212 Å². The van der Waals surface area contributed by atoms with E-state index < -0.39 is 0 Å². The number of nitrogens with one attached hydrogen (secondary N) is 1. The van der Waals surface area contributed by atoms with Gasteiger partial charge in [-0.2, -0.15) is 0 Å².